The van der Waals surface area contributed by atoms with Crippen LogP contribution in [0.25, 0.3) is 0 Å². The minimum atomic E-state index is -0.0195. The average Bonchev–Trinajstić information content (AvgIpc) is 2.67. The van der Waals surface area contributed by atoms with Crippen molar-refractivity contribution in [3.8, 4) is 5.75 Å². The predicted octanol–water partition coefficient (Wildman–Crippen LogP) is 2.78. The van der Waals surface area contributed by atoms with Crippen LogP contribution in [-0.4, -0.2) is 17.9 Å². The molecule has 5 heteroatoms. The molecule has 0 fully saturated rings. The number of methoxy groups -OCH3 is 1. The SMILES string of the molecule is COc1ccc(C(=O)Cc2nc(C)c(C)s2)c(N)c1. The molecule has 1 heterocycles. The summed E-state index contributed by atoms with van der Waals surface area (Å²) in [6.45, 7) is 3.95. The number of Topliss-reactive ketones (excluding diaryl/α,β-unsaturated/α-hetero) is 1. The predicted molar refractivity (Wildman–Crippen MR) is 77.0 cm³/mol. The third-order valence-corrected chi connectivity index (χ3v) is 4.02. The third-order valence-electron chi connectivity index (χ3n) is 2.94. The zero-order chi connectivity index (χ0) is 14.0. The van der Waals surface area contributed by atoms with Crippen LogP contribution in [0, 0.1) is 13.8 Å². The highest BCUT2D eigenvalue weighted by Gasteiger charge is 2.14. The molecule has 0 saturated carbocycles. The quantitative estimate of drug-likeness (QED) is 0.689. The molecule has 100 valence electrons. The molecular weight excluding hydrogens is 260 g/mol. The van der Waals surface area contributed by atoms with Crippen LogP contribution in [-0.2, 0) is 6.42 Å². The van der Waals surface area contributed by atoms with E-state index in [1.54, 1.807) is 36.6 Å². The molecular formula is C14H16N2O2S. The van der Waals surface area contributed by atoms with E-state index in [4.69, 9.17) is 10.5 Å². The molecule has 2 N–H and O–H groups in total. The minimum Gasteiger partial charge on any atom is -0.497 e. The number of benzene rings is 1. The molecule has 0 radical (unpaired) electrons. The van der Waals surface area contributed by atoms with Crippen LogP contribution in [0.5, 0.6) is 5.75 Å². The molecule has 2 aromatic rings. The summed E-state index contributed by atoms with van der Waals surface area (Å²) in [5.41, 5.74) is 7.81. The summed E-state index contributed by atoms with van der Waals surface area (Å²) in [4.78, 5) is 17.7. The van der Waals surface area contributed by atoms with E-state index in [0.29, 0.717) is 17.0 Å². The van der Waals surface area contributed by atoms with Crippen LogP contribution in [0.4, 0.5) is 5.69 Å². The second kappa shape index (κ2) is 5.40. The van der Waals surface area contributed by atoms with Gasteiger partial charge in [0.25, 0.3) is 0 Å². The molecule has 0 aliphatic heterocycles. The first-order valence-electron chi connectivity index (χ1n) is 5.91. The summed E-state index contributed by atoms with van der Waals surface area (Å²) < 4.78 is 5.07. The number of rotatable bonds is 4. The first kappa shape index (κ1) is 13.5. The maximum atomic E-state index is 12.2. The van der Waals surface area contributed by atoms with Gasteiger partial charge in [0.05, 0.1) is 19.2 Å². The highest BCUT2D eigenvalue weighted by Crippen LogP contribution is 2.23. The Morgan fingerprint density at radius 2 is 2.16 bits per heavy atom. The summed E-state index contributed by atoms with van der Waals surface area (Å²) in [7, 11) is 1.57. The second-order valence-electron chi connectivity index (χ2n) is 4.30. The third kappa shape index (κ3) is 2.93. The zero-order valence-electron chi connectivity index (χ0n) is 11.2. The van der Waals surface area contributed by atoms with Crippen molar-refractivity contribution in [2.45, 2.75) is 20.3 Å². The molecule has 1 aromatic heterocycles. The fourth-order valence-corrected chi connectivity index (χ4v) is 2.70. The first-order valence-corrected chi connectivity index (χ1v) is 6.72. The Morgan fingerprint density at radius 3 is 2.68 bits per heavy atom. The number of ketones is 1. The van der Waals surface area contributed by atoms with E-state index in [2.05, 4.69) is 4.98 Å². The molecule has 0 aliphatic carbocycles. The van der Waals surface area contributed by atoms with Gasteiger partial charge in [0.2, 0.25) is 0 Å². The Bertz CT molecular complexity index is 600. The van der Waals surface area contributed by atoms with Crippen molar-refractivity contribution in [3.05, 3.63) is 39.3 Å². The standard InChI is InChI=1S/C14H16N2O2S/c1-8-9(2)19-14(16-8)7-13(17)11-5-4-10(18-3)6-12(11)15/h4-6H,7,15H2,1-3H3. The number of hydrogen-bond donors (Lipinski definition) is 1. The van der Waals surface area contributed by atoms with E-state index >= 15 is 0 Å². The molecule has 0 bridgehead atoms. The number of ether oxygens (including phenoxy) is 1. The lowest BCUT2D eigenvalue weighted by Crippen LogP contribution is -2.07. The van der Waals surface area contributed by atoms with E-state index in [-0.39, 0.29) is 12.2 Å². The normalized spacial score (nSPS) is 10.5. The van der Waals surface area contributed by atoms with Gasteiger partial charge in [-0.3, -0.25) is 4.79 Å². The Morgan fingerprint density at radius 1 is 1.42 bits per heavy atom. The molecule has 19 heavy (non-hydrogen) atoms. The fourth-order valence-electron chi connectivity index (χ4n) is 1.77. The lowest BCUT2D eigenvalue weighted by Gasteiger charge is -2.06. The summed E-state index contributed by atoms with van der Waals surface area (Å²) in [6.07, 6.45) is 0.288. The molecule has 1 aromatic carbocycles. The maximum absolute atomic E-state index is 12.2. The van der Waals surface area contributed by atoms with Crippen LogP contribution in [0.1, 0.15) is 25.9 Å². The van der Waals surface area contributed by atoms with E-state index in [1.165, 1.54) is 0 Å². The van der Waals surface area contributed by atoms with Crippen molar-refractivity contribution in [1.82, 2.24) is 4.98 Å². The maximum Gasteiger partial charge on any atom is 0.171 e. The van der Waals surface area contributed by atoms with Gasteiger partial charge < -0.3 is 10.5 Å². The van der Waals surface area contributed by atoms with Gasteiger partial charge in [-0.1, -0.05) is 0 Å². The number of nitrogen functional groups attached to an aromatic ring is 1. The van der Waals surface area contributed by atoms with Crippen molar-refractivity contribution in [2.75, 3.05) is 12.8 Å². The number of nitrogens with two attached hydrogens (primary N) is 1. The van der Waals surface area contributed by atoms with Crippen molar-refractivity contribution < 1.29 is 9.53 Å². The van der Waals surface area contributed by atoms with E-state index < -0.39 is 0 Å². The molecule has 0 amide bonds. The molecule has 0 unspecified atom stereocenters. The Kier molecular flexibility index (Phi) is 3.85. The minimum absolute atomic E-state index is 0.0195. The lowest BCUT2D eigenvalue weighted by atomic mass is 10.1. The van der Waals surface area contributed by atoms with E-state index in [1.807, 2.05) is 13.8 Å². The Labute approximate surface area is 116 Å². The lowest BCUT2D eigenvalue weighted by molar-refractivity contribution is 0.0993. The number of carbonyl (C=O) groups excluding carboxylic acids is 1. The van der Waals surface area contributed by atoms with Crippen molar-refractivity contribution in [1.29, 1.82) is 0 Å². The van der Waals surface area contributed by atoms with Crippen molar-refractivity contribution in [3.63, 3.8) is 0 Å². The van der Waals surface area contributed by atoms with Crippen LogP contribution in [0.3, 0.4) is 0 Å². The van der Waals surface area contributed by atoms with Gasteiger partial charge in [-0.15, -0.1) is 11.3 Å². The number of aryl methyl sites for hydroxylation is 2. The van der Waals surface area contributed by atoms with Gasteiger partial charge >= 0.3 is 0 Å². The number of hydrogen-bond acceptors (Lipinski definition) is 5. The van der Waals surface area contributed by atoms with Crippen molar-refractivity contribution >= 4 is 22.8 Å². The largest absolute Gasteiger partial charge is 0.497 e. The monoisotopic (exact) mass is 276 g/mol. The Balaban J connectivity index is 2.20. The van der Waals surface area contributed by atoms with Crippen LogP contribution in [0.2, 0.25) is 0 Å². The van der Waals surface area contributed by atoms with Gasteiger partial charge in [-0.25, -0.2) is 4.98 Å². The molecule has 4 nitrogen and oxygen atoms in total. The van der Waals surface area contributed by atoms with E-state index in [0.717, 1.165) is 15.6 Å². The molecule has 0 atom stereocenters. The van der Waals surface area contributed by atoms with Crippen LogP contribution >= 0.6 is 11.3 Å². The van der Waals surface area contributed by atoms with E-state index in [9.17, 15) is 4.79 Å². The smallest absolute Gasteiger partial charge is 0.171 e. The number of thiazole rings is 1. The highest BCUT2D eigenvalue weighted by atomic mass is 32.1. The molecule has 0 saturated heterocycles. The number of aromatic nitrogens is 1. The topological polar surface area (TPSA) is 65.2 Å². The van der Waals surface area contributed by atoms with Crippen LogP contribution < -0.4 is 10.5 Å². The zero-order valence-corrected chi connectivity index (χ0v) is 12.0. The number of carbonyl (C=O) groups is 1. The first-order chi connectivity index (χ1) is 9.01. The average molecular weight is 276 g/mol. The number of anilines is 1. The summed E-state index contributed by atoms with van der Waals surface area (Å²) in [5.74, 6) is 0.629. The van der Waals surface area contributed by atoms with Gasteiger partial charge in [-0.05, 0) is 26.0 Å². The summed E-state index contributed by atoms with van der Waals surface area (Å²) >= 11 is 1.55. The second-order valence-corrected chi connectivity index (χ2v) is 5.59. The molecule has 2 rings (SSSR count). The molecule has 0 aliphatic rings. The van der Waals surface area contributed by atoms with Crippen LogP contribution in [0.15, 0.2) is 18.2 Å². The Hall–Kier alpha value is -1.88. The van der Waals surface area contributed by atoms with Gasteiger partial charge in [0.1, 0.15) is 10.8 Å². The summed E-state index contributed by atoms with van der Waals surface area (Å²) in [5, 5.41) is 0.829. The molecule has 0 spiro atoms. The van der Waals surface area contributed by atoms with Gasteiger partial charge in [-0.2, -0.15) is 0 Å². The van der Waals surface area contributed by atoms with Gasteiger partial charge in [0.15, 0.2) is 5.78 Å². The number of nitrogens with zero attached hydrogens (tertiary/aromatic N) is 1. The fraction of sp³-hybridized carbons (Fsp3) is 0.286. The summed E-state index contributed by atoms with van der Waals surface area (Å²) in [6, 6.07) is 5.09. The van der Waals surface area contributed by atoms with Gasteiger partial charge in [0, 0.05) is 22.2 Å². The van der Waals surface area contributed by atoms with Crippen molar-refractivity contribution in [2.24, 2.45) is 0 Å². The highest BCUT2D eigenvalue weighted by molar-refractivity contribution is 7.11.